The Morgan fingerprint density at radius 3 is 2.41 bits per heavy atom. The lowest BCUT2D eigenvalue weighted by Gasteiger charge is -2.28. The van der Waals surface area contributed by atoms with Crippen LogP contribution in [0.2, 0.25) is 0 Å². The molecule has 27 heavy (non-hydrogen) atoms. The molecule has 0 amide bonds. The van der Waals surface area contributed by atoms with Crippen LogP contribution in [-0.4, -0.2) is 43.4 Å². The molecule has 4 nitrogen and oxygen atoms in total. The summed E-state index contributed by atoms with van der Waals surface area (Å²) in [5, 5.41) is 4.13. The number of aryl methyl sites for hydroxylation is 1. The van der Waals surface area contributed by atoms with E-state index in [4.69, 9.17) is 17.0 Å². The second-order valence-electron chi connectivity index (χ2n) is 7.37. The molecule has 0 aliphatic carbocycles. The van der Waals surface area contributed by atoms with Gasteiger partial charge in [-0.05, 0) is 61.8 Å². The summed E-state index contributed by atoms with van der Waals surface area (Å²) in [6.07, 6.45) is 2.49. The highest BCUT2D eigenvalue weighted by atomic mass is 32.1. The monoisotopic (exact) mass is 383 g/mol. The van der Waals surface area contributed by atoms with Crippen LogP contribution < -0.4 is 10.2 Å². The van der Waals surface area contributed by atoms with Crippen molar-refractivity contribution in [2.45, 2.75) is 32.4 Å². The molecule has 3 rings (SSSR count). The largest absolute Gasteiger partial charge is 0.378 e. The molecule has 1 saturated heterocycles. The molecule has 0 spiro atoms. The normalized spacial score (nSPS) is 16.2. The Morgan fingerprint density at radius 1 is 1.11 bits per heavy atom. The molecule has 1 atom stereocenters. The van der Waals surface area contributed by atoms with Crippen LogP contribution >= 0.6 is 12.2 Å². The first kappa shape index (κ1) is 19.6. The summed E-state index contributed by atoms with van der Waals surface area (Å²) >= 11 is 5.74. The fourth-order valence-corrected chi connectivity index (χ4v) is 3.47. The minimum absolute atomic E-state index is 0.254. The predicted octanol–water partition coefficient (Wildman–Crippen LogP) is 4.44. The van der Waals surface area contributed by atoms with Crippen LogP contribution in [0, 0.1) is 6.92 Å². The second kappa shape index (κ2) is 9.20. The van der Waals surface area contributed by atoms with Crippen molar-refractivity contribution >= 4 is 28.7 Å². The molecule has 2 aromatic carbocycles. The van der Waals surface area contributed by atoms with E-state index in [0.29, 0.717) is 0 Å². The molecular weight excluding hydrogens is 354 g/mol. The maximum Gasteiger partial charge on any atom is 0.173 e. The summed E-state index contributed by atoms with van der Waals surface area (Å²) in [4.78, 5) is 4.33. The lowest BCUT2D eigenvalue weighted by atomic mass is 10.1. The van der Waals surface area contributed by atoms with Crippen LogP contribution in [0.5, 0.6) is 0 Å². The van der Waals surface area contributed by atoms with E-state index in [1.807, 2.05) is 0 Å². The molecule has 0 bridgehead atoms. The number of nitrogens with one attached hydrogen (secondary N) is 1. The van der Waals surface area contributed by atoms with Gasteiger partial charge in [0.15, 0.2) is 5.11 Å². The van der Waals surface area contributed by atoms with Gasteiger partial charge < -0.3 is 19.9 Å². The van der Waals surface area contributed by atoms with Crippen LogP contribution in [-0.2, 0) is 11.3 Å². The van der Waals surface area contributed by atoms with Gasteiger partial charge in [0.1, 0.15) is 0 Å². The van der Waals surface area contributed by atoms with Crippen molar-refractivity contribution < 1.29 is 4.74 Å². The van der Waals surface area contributed by atoms with Gasteiger partial charge in [0.05, 0.1) is 6.10 Å². The Kier molecular flexibility index (Phi) is 6.69. The van der Waals surface area contributed by atoms with Crippen LogP contribution in [0.15, 0.2) is 48.5 Å². The zero-order chi connectivity index (χ0) is 19.2. The van der Waals surface area contributed by atoms with E-state index in [-0.39, 0.29) is 6.10 Å². The number of ether oxygens (including phenoxy) is 1. The molecule has 2 aromatic rings. The lowest BCUT2D eigenvalue weighted by molar-refractivity contribution is 0.0905. The summed E-state index contributed by atoms with van der Waals surface area (Å²) in [5.74, 6) is 0. The highest BCUT2D eigenvalue weighted by Crippen LogP contribution is 2.19. The van der Waals surface area contributed by atoms with E-state index in [1.54, 1.807) is 0 Å². The van der Waals surface area contributed by atoms with E-state index in [9.17, 15) is 0 Å². The van der Waals surface area contributed by atoms with E-state index in [0.717, 1.165) is 43.3 Å². The number of benzene rings is 2. The van der Waals surface area contributed by atoms with Crippen molar-refractivity contribution in [3.8, 4) is 0 Å². The Bertz CT molecular complexity index is 737. The number of thiocarbonyl (C=S) groups is 1. The highest BCUT2D eigenvalue weighted by Gasteiger charge is 2.21. The van der Waals surface area contributed by atoms with E-state index in [2.05, 4.69) is 84.7 Å². The third-order valence-electron chi connectivity index (χ3n) is 4.86. The summed E-state index contributed by atoms with van der Waals surface area (Å²) in [5.41, 5.74) is 4.70. The van der Waals surface area contributed by atoms with Crippen molar-refractivity contribution in [2.24, 2.45) is 0 Å². The Morgan fingerprint density at radius 2 is 1.81 bits per heavy atom. The smallest absolute Gasteiger partial charge is 0.173 e. The number of hydrogen-bond donors (Lipinski definition) is 1. The average Bonchev–Trinajstić information content (AvgIpc) is 3.16. The van der Waals surface area contributed by atoms with Gasteiger partial charge in [-0.3, -0.25) is 0 Å². The number of anilines is 2. The molecule has 0 radical (unpaired) electrons. The highest BCUT2D eigenvalue weighted by molar-refractivity contribution is 7.80. The SMILES string of the molecule is Cc1ccc(NC(=S)N(Cc2ccc(N(C)C)cc2)C[C@@H]2CCCO2)cc1. The second-order valence-corrected chi connectivity index (χ2v) is 7.76. The third kappa shape index (κ3) is 5.68. The Labute approximate surface area is 168 Å². The molecule has 0 unspecified atom stereocenters. The first-order valence-electron chi connectivity index (χ1n) is 9.52. The molecule has 0 aromatic heterocycles. The zero-order valence-electron chi connectivity index (χ0n) is 16.4. The van der Waals surface area contributed by atoms with Crippen LogP contribution in [0.25, 0.3) is 0 Å². The number of hydrogen-bond acceptors (Lipinski definition) is 3. The molecule has 1 aliphatic heterocycles. The first-order valence-corrected chi connectivity index (χ1v) is 9.92. The summed E-state index contributed by atoms with van der Waals surface area (Å²) in [7, 11) is 4.11. The third-order valence-corrected chi connectivity index (χ3v) is 5.22. The number of nitrogens with zero attached hydrogens (tertiary/aromatic N) is 2. The van der Waals surface area contributed by atoms with Gasteiger partial charge in [-0.25, -0.2) is 0 Å². The first-order chi connectivity index (χ1) is 13.0. The van der Waals surface area contributed by atoms with E-state index in [1.165, 1.54) is 16.8 Å². The molecule has 1 fully saturated rings. The summed E-state index contributed by atoms with van der Waals surface area (Å²) < 4.78 is 5.85. The molecule has 5 heteroatoms. The predicted molar refractivity (Wildman–Crippen MR) is 118 cm³/mol. The summed E-state index contributed by atoms with van der Waals surface area (Å²) in [6, 6.07) is 17.0. The van der Waals surface area contributed by atoms with E-state index >= 15 is 0 Å². The van der Waals surface area contributed by atoms with Gasteiger partial charge >= 0.3 is 0 Å². The minimum atomic E-state index is 0.254. The van der Waals surface area contributed by atoms with Gasteiger partial charge in [0.25, 0.3) is 0 Å². The fraction of sp³-hybridized carbons (Fsp3) is 0.409. The maximum atomic E-state index is 5.85. The van der Waals surface area contributed by atoms with Gasteiger partial charge in [0, 0.05) is 45.2 Å². The van der Waals surface area contributed by atoms with Crippen molar-refractivity contribution in [3.05, 3.63) is 59.7 Å². The molecule has 1 heterocycles. The molecule has 144 valence electrons. The lowest BCUT2D eigenvalue weighted by Crippen LogP contribution is -2.39. The molecule has 1 aliphatic rings. The van der Waals surface area contributed by atoms with Gasteiger partial charge in [0.2, 0.25) is 0 Å². The Hall–Kier alpha value is -2.11. The van der Waals surface area contributed by atoms with Crippen molar-refractivity contribution in [1.82, 2.24) is 4.90 Å². The molecule has 0 saturated carbocycles. The van der Waals surface area contributed by atoms with Crippen molar-refractivity contribution in [1.29, 1.82) is 0 Å². The Balaban J connectivity index is 1.70. The zero-order valence-corrected chi connectivity index (χ0v) is 17.3. The van der Waals surface area contributed by atoms with Gasteiger partial charge in [-0.15, -0.1) is 0 Å². The quantitative estimate of drug-likeness (QED) is 0.745. The van der Waals surface area contributed by atoms with Crippen molar-refractivity contribution in [3.63, 3.8) is 0 Å². The van der Waals surface area contributed by atoms with Crippen LogP contribution in [0.4, 0.5) is 11.4 Å². The fourth-order valence-electron chi connectivity index (χ4n) is 3.21. The van der Waals surface area contributed by atoms with Crippen molar-refractivity contribution in [2.75, 3.05) is 37.5 Å². The number of rotatable bonds is 6. The summed E-state index contributed by atoms with van der Waals surface area (Å²) in [6.45, 7) is 4.52. The molecule has 1 N–H and O–H groups in total. The van der Waals surface area contributed by atoms with Gasteiger partial charge in [-0.2, -0.15) is 0 Å². The van der Waals surface area contributed by atoms with Gasteiger partial charge in [-0.1, -0.05) is 29.8 Å². The van der Waals surface area contributed by atoms with Crippen LogP contribution in [0.3, 0.4) is 0 Å². The minimum Gasteiger partial charge on any atom is -0.378 e. The standard InChI is InChI=1S/C22H29N3OS/c1-17-6-10-19(11-7-17)23-22(27)25(16-21-5-4-14-26-21)15-18-8-12-20(13-9-18)24(2)3/h6-13,21H,4-5,14-16H2,1-3H3,(H,23,27)/t21-/m0/s1. The van der Waals surface area contributed by atoms with Crippen LogP contribution in [0.1, 0.15) is 24.0 Å². The van der Waals surface area contributed by atoms with E-state index < -0.39 is 0 Å². The average molecular weight is 384 g/mol. The maximum absolute atomic E-state index is 5.85. The topological polar surface area (TPSA) is 27.7 Å². The molecular formula is C22H29N3OS.